The van der Waals surface area contributed by atoms with E-state index >= 15 is 0 Å². The van der Waals surface area contributed by atoms with Crippen LogP contribution in [-0.2, 0) is 16.0 Å². The summed E-state index contributed by atoms with van der Waals surface area (Å²) in [5.41, 5.74) is 1.24. The summed E-state index contributed by atoms with van der Waals surface area (Å²) < 4.78 is 4.54. The van der Waals surface area contributed by atoms with Crippen LogP contribution >= 0.6 is 0 Å². The lowest BCUT2D eigenvalue weighted by molar-refractivity contribution is -0.389. The molecule has 0 bridgehead atoms. The molecule has 0 fully saturated rings. The standard InChI is InChI=1S/C12H12N2O4/c1-18-11(15)7-6-9-8-4-2-3-5-10(8)13-12(9)14(16)17/h2-5,13H,6-7H2,1H3. The van der Waals surface area contributed by atoms with Gasteiger partial charge in [0.2, 0.25) is 0 Å². The van der Waals surface area contributed by atoms with Crippen molar-refractivity contribution in [3.8, 4) is 0 Å². The summed E-state index contributed by atoms with van der Waals surface area (Å²) in [5.74, 6) is -0.435. The Hall–Kier alpha value is -2.37. The van der Waals surface area contributed by atoms with Crippen LogP contribution in [0.1, 0.15) is 12.0 Å². The lowest BCUT2D eigenvalue weighted by Gasteiger charge is -1.99. The van der Waals surface area contributed by atoms with Crippen LogP contribution in [0.3, 0.4) is 0 Å². The van der Waals surface area contributed by atoms with E-state index in [1.165, 1.54) is 7.11 Å². The Morgan fingerprint density at radius 1 is 1.44 bits per heavy atom. The molecule has 6 heteroatoms. The number of aromatic nitrogens is 1. The van der Waals surface area contributed by atoms with Crippen molar-refractivity contribution in [3.05, 3.63) is 39.9 Å². The van der Waals surface area contributed by atoms with Crippen LogP contribution in [-0.4, -0.2) is 23.0 Å². The Labute approximate surface area is 103 Å². The van der Waals surface area contributed by atoms with Crippen LogP contribution in [0.2, 0.25) is 0 Å². The molecule has 18 heavy (non-hydrogen) atoms. The first-order valence-corrected chi connectivity index (χ1v) is 5.44. The van der Waals surface area contributed by atoms with Gasteiger partial charge >= 0.3 is 11.8 Å². The second-order valence-corrected chi connectivity index (χ2v) is 3.83. The van der Waals surface area contributed by atoms with Gasteiger partial charge in [-0.2, -0.15) is 0 Å². The maximum absolute atomic E-state index is 11.1. The van der Waals surface area contributed by atoms with Gasteiger partial charge in [0.05, 0.1) is 12.7 Å². The van der Waals surface area contributed by atoms with Gasteiger partial charge in [-0.15, -0.1) is 0 Å². The summed E-state index contributed by atoms with van der Waals surface area (Å²) in [6.07, 6.45) is 0.409. The summed E-state index contributed by atoms with van der Waals surface area (Å²) in [6, 6.07) is 7.17. The summed E-state index contributed by atoms with van der Waals surface area (Å²) in [5, 5.41) is 11.7. The molecule has 2 rings (SSSR count). The van der Waals surface area contributed by atoms with Gasteiger partial charge in [-0.25, -0.2) is 4.98 Å². The van der Waals surface area contributed by atoms with Crippen LogP contribution < -0.4 is 0 Å². The minimum atomic E-state index is -0.466. The van der Waals surface area contributed by atoms with E-state index in [0.29, 0.717) is 11.1 Å². The van der Waals surface area contributed by atoms with Gasteiger partial charge in [-0.3, -0.25) is 4.79 Å². The van der Waals surface area contributed by atoms with E-state index in [0.717, 1.165) is 5.39 Å². The third kappa shape index (κ3) is 2.17. The molecule has 94 valence electrons. The monoisotopic (exact) mass is 248 g/mol. The molecule has 1 heterocycles. The van der Waals surface area contributed by atoms with E-state index in [2.05, 4.69) is 9.72 Å². The van der Waals surface area contributed by atoms with Crippen LogP contribution in [0.5, 0.6) is 0 Å². The molecule has 6 nitrogen and oxygen atoms in total. The van der Waals surface area contributed by atoms with Gasteiger partial charge in [0.25, 0.3) is 0 Å². The Kier molecular flexibility index (Phi) is 3.27. The first kappa shape index (κ1) is 12.1. The quantitative estimate of drug-likeness (QED) is 0.510. The number of H-pyrrole nitrogens is 1. The molecule has 2 aromatic rings. The molecule has 0 saturated heterocycles. The molecule has 0 aliphatic carbocycles. The minimum Gasteiger partial charge on any atom is -0.469 e. The molecule has 0 radical (unpaired) electrons. The Balaban J connectivity index is 2.42. The van der Waals surface area contributed by atoms with Crippen LogP contribution in [0.4, 0.5) is 5.82 Å². The number of methoxy groups -OCH3 is 1. The number of aromatic amines is 1. The maximum Gasteiger partial charge on any atom is 0.325 e. The Morgan fingerprint density at radius 3 is 2.83 bits per heavy atom. The van der Waals surface area contributed by atoms with Gasteiger partial charge in [-0.05, 0) is 17.4 Å². The number of hydrogen-bond donors (Lipinski definition) is 1. The molecule has 1 aromatic carbocycles. The van der Waals surface area contributed by atoms with Crippen molar-refractivity contribution in [3.63, 3.8) is 0 Å². The van der Waals surface area contributed by atoms with Gasteiger partial charge in [-0.1, -0.05) is 18.2 Å². The third-order valence-electron chi connectivity index (χ3n) is 2.78. The number of benzene rings is 1. The second kappa shape index (κ2) is 4.87. The van der Waals surface area contributed by atoms with Crippen molar-refractivity contribution in [2.24, 2.45) is 0 Å². The Bertz CT molecular complexity index is 603. The number of hydrogen-bond acceptors (Lipinski definition) is 4. The number of nitro groups is 1. The summed E-state index contributed by atoms with van der Waals surface area (Å²) >= 11 is 0. The van der Waals surface area contributed by atoms with Crippen molar-refractivity contribution >= 4 is 22.7 Å². The van der Waals surface area contributed by atoms with Crippen molar-refractivity contribution in [2.45, 2.75) is 12.8 Å². The van der Waals surface area contributed by atoms with Gasteiger partial charge < -0.3 is 14.9 Å². The zero-order chi connectivity index (χ0) is 13.1. The number of nitrogens with one attached hydrogen (secondary N) is 1. The number of carbonyl (C=O) groups is 1. The van der Waals surface area contributed by atoms with Crippen LogP contribution in [0.25, 0.3) is 10.9 Å². The number of rotatable bonds is 4. The van der Waals surface area contributed by atoms with Crippen molar-refractivity contribution in [1.82, 2.24) is 4.98 Å². The fraction of sp³-hybridized carbons (Fsp3) is 0.250. The highest BCUT2D eigenvalue weighted by atomic mass is 16.6. The highest BCUT2D eigenvalue weighted by molar-refractivity contribution is 5.87. The van der Waals surface area contributed by atoms with Crippen molar-refractivity contribution < 1.29 is 14.5 Å². The molecule has 0 unspecified atom stereocenters. The van der Waals surface area contributed by atoms with Crippen molar-refractivity contribution in [2.75, 3.05) is 7.11 Å². The fourth-order valence-corrected chi connectivity index (χ4v) is 1.92. The molecule has 0 atom stereocenters. The molecular weight excluding hydrogens is 236 g/mol. The smallest absolute Gasteiger partial charge is 0.325 e. The highest BCUT2D eigenvalue weighted by Crippen LogP contribution is 2.28. The number of ether oxygens (including phenoxy) is 1. The first-order chi connectivity index (χ1) is 8.63. The molecule has 0 saturated carbocycles. The average molecular weight is 248 g/mol. The zero-order valence-electron chi connectivity index (χ0n) is 9.80. The minimum absolute atomic E-state index is 0.0555. The third-order valence-corrected chi connectivity index (χ3v) is 2.78. The zero-order valence-corrected chi connectivity index (χ0v) is 9.80. The predicted octanol–water partition coefficient (Wildman–Crippen LogP) is 2.18. The number of fused-ring (bicyclic) bond motifs is 1. The molecule has 0 aliphatic rings. The fourth-order valence-electron chi connectivity index (χ4n) is 1.92. The average Bonchev–Trinajstić information content (AvgIpc) is 2.75. The van der Waals surface area contributed by atoms with Gasteiger partial charge in [0.15, 0.2) is 0 Å². The number of carbonyl (C=O) groups excluding carboxylic acids is 1. The number of esters is 1. The lowest BCUT2D eigenvalue weighted by atomic mass is 10.1. The summed E-state index contributed by atoms with van der Waals surface area (Å²) in [4.78, 5) is 24.4. The summed E-state index contributed by atoms with van der Waals surface area (Å²) in [6.45, 7) is 0. The normalized spacial score (nSPS) is 10.5. The van der Waals surface area contributed by atoms with Gasteiger partial charge in [0.1, 0.15) is 5.52 Å². The maximum atomic E-state index is 11.1. The van der Waals surface area contributed by atoms with Crippen LogP contribution in [0.15, 0.2) is 24.3 Å². The number of para-hydroxylation sites is 1. The summed E-state index contributed by atoms with van der Waals surface area (Å²) in [7, 11) is 1.30. The number of aryl methyl sites for hydroxylation is 1. The Morgan fingerprint density at radius 2 is 2.17 bits per heavy atom. The molecule has 0 spiro atoms. The molecule has 0 aliphatic heterocycles. The van der Waals surface area contributed by atoms with Crippen molar-refractivity contribution in [1.29, 1.82) is 0 Å². The largest absolute Gasteiger partial charge is 0.469 e. The van der Waals surface area contributed by atoms with E-state index < -0.39 is 4.92 Å². The highest BCUT2D eigenvalue weighted by Gasteiger charge is 2.20. The van der Waals surface area contributed by atoms with E-state index in [1.54, 1.807) is 18.2 Å². The predicted molar refractivity (Wildman–Crippen MR) is 65.3 cm³/mol. The van der Waals surface area contributed by atoms with E-state index in [1.807, 2.05) is 6.07 Å². The van der Waals surface area contributed by atoms with E-state index in [-0.39, 0.29) is 24.6 Å². The van der Waals surface area contributed by atoms with E-state index in [4.69, 9.17) is 0 Å². The van der Waals surface area contributed by atoms with E-state index in [9.17, 15) is 14.9 Å². The first-order valence-electron chi connectivity index (χ1n) is 5.44. The second-order valence-electron chi connectivity index (χ2n) is 3.83. The topological polar surface area (TPSA) is 85.2 Å². The SMILES string of the molecule is COC(=O)CCc1c([N+](=O)[O-])[nH]c2ccccc12. The number of nitrogens with zero attached hydrogens (tertiary/aromatic N) is 1. The molecule has 0 amide bonds. The van der Waals surface area contributed by atoms with Gasteiger partial charge in [0, 0.05) is 11.8 Å². The molecular formula is C12H12N2O4. The lowest BCUT2D eigenvalue weighted by Crippen LogP contribution is -2.03. The van der Waals surface area contributed by atoms with Crippen LogP contribution in [0, 0.1) is 10.1 Å². The molecule has 1 N–H and O–H groups in total. The molecule has 1 aromatic heterocycles.